The maximum Gasteiger partial charge on any atom is 0.303 e. The number of hydrogen-bond donors (Lipinski definition) is 1. The molecule has 0 aliphatic heterocycles. The molecule has 2 rings (SSSR count). The van der Waals surface area contributed by atoms with Crippen molar-refractivity contribution in [1.29, 1.82) is 0 Å². The Morgan fingerprint density at radius 2 is 2.05 bits per heavy atom. The summed E-state index contributed by atoms with van der Waals surface area (Å²) in [6.45, 7) is 4.03. The van der Waals surface area contributed by atoms with Gasteiger partial charge in [-0.25, -0.2) is 0 Å². The van der Waals surface area contributed by atoms with Gasteiger partial charge in [0.1, 0.15) is 0 Å². The first-order chi connectivity index (χ1) is 9.56. The van der Waals surface area contributed by atoms with Crippen molar-refractivity contribution in [1.82, 2.24) is 10.2 Å². The van der Waals surface area contributed by atoms with Gasteiger partial charge < -0.3 is 9.52 Å². The van der Waals surface area contributed by atoms with E-state index in [2.05, 4.69) is 10.2 Å². The van der Waals surface area contributed by atoms with E-state index in [0.29, 0.717) is 24.6 Å². The Morgan fingerprint density at radius 3 is 2.80 bits per heavy atom. The second-order valence-electron chi connectivity index (χ2n) is 4.92. The van der Waals surface area contributed by atoms with Crippen LogP contribution in [0.3, 0.4) is 0 Å². The summed E-state index contributed by atoms with van der Waals surface area (Å²) in [4.78, 5) is 10.4. The van der Waals surface area contributed by atoms with E-state index in [4.69, 9.17) is 9.52 Å². The average Bonchev–Trinajstić information content (AvgIpc) is 2.86. The number of aliphatic carboxylic acids is 1. The maximum absolute atomic E-state index is 10.4. The van der Waals surface area contributed by atoms with Crippen LogP contribution in [-0.4, -0.2) is 21.3 Å². The summed E-state index contributed by atoms with van der Waals surface area (Å²) in [5.41, 5.74) is 3.19. The molecule has 0 unspecified atom stereocenters. The van der Waals surface area contributed by atoms with E-state index in [1.807, 2.05) is 32.0 Å². The molecule has 0 saturated carbocycles. The minimum atomic E-state index is -0.772. The molecular weight excluding hydrogens is 256 g/mol. The molecule has 0 atom stereocenters. The number of aryl methyl sites for hydroxylation is 3. The second kappa shape index (κ2) is 6.32. The highest BCUT2D eigenvalue weighted by Crippen LogP contribution is 2.23. The molecule has 1 heterocycles. The van der Waals surface area contributed by atoms with Gasteiger partial charge in [0.15, 0.2) is 0 Å². The average molecular weight is 274 g/mol. The molecule has 0 radical (unpaired) electrons. The van der Waals surface area contributed by atoms with E-state index >= 15 is 0 Å². The van der Waals surface area contributed by atoms with Gasteiger partial charge in [0.25, 0.3) is 0 Å². The monoisotopic (exact) mass is 274 g/mol. The highest BCUT2D eigenvalue weighted by molar-refractivity contribution is 5.66. The third-order valence-electron chi connectivity index (χ3n) is 3.12. The Kier molecular flexibility index (Phi) is 4.50. The van der Waals surface area contributed by atoms with Crippen LogP contribution in [0.15, 0.2) is 22.6 Å². The largest absolute Gasteiger partial charge is 0.481 e. The van der Waals surface area contributed by atoms with E-state index in [1.165, 1.54) is 0 Å². The zero-order chi connectivity index (χ0) is 14.5. The molecular formula is C15H18N2O3. The van der Waals surface area contributed by atoms with Crippen molar-refractivity contribution < 1.29 is 14.3 Å². The Morgan fingerprint density at radius 1 is 1.25 bits per heavy atom. The third-order valence-corrected chi connectivity index (χ3v) is 3.12. The van der Waals surface area contributed by atoms with Gasteiger partial charge in [-0.3, -0.25) is 4.79 Å². The third kappa shape index (κ3) is 3.66. The van der Waals surface area contributed by atoms with Crippen LogP contribution in [0, 0.1) is 13.8 Å². The topological polar surface area (TPSA) is 76.2 Å². The van der Waals surface area contributed by atoms with Gasteiger partial charge in [-0.2, -0.15) is 0 Å². The Labute approximate surface area is 117 Å². The molecule has 2 aromatic rings. The van der Waals surface area contributed by atoms with Crippen molar-refractivity contribution in [3.8, 4) is 11.5 Å². The molecule has 0 aliphatic carbocycles. The zero-order valence-corrected chi connectivity index (χ0v) is 11.7. The summed E-state index contributed by atoms with van der Waals surface area (Å²) in [6, 6.07) is 6.10. The highest BCUT2D eigenvalue weighted by Gasteiger charge is 2.11. The summed E-state index contributed by atoms with van der Waals surface area (Å²) in [7, 11) is 0. The van der Waals surface area contributed by atoms with E-state index < -0.39 is 5.97 Å². The van der Waals surface area contributed by atoms with Crippen molar-refractivity contribution in [2.24, 2.45) is 0 Å². The number of benzene rings is 1. The fraction of sp³-hybridized carbons (Fsp3) is 0.400. The number of unbranched alkanes of at least 4 members (excludes halogenated alkanes) is 1. The molecule has 0 aliphatic rings. The van der Waals surface area contributed by atoms with Crippen molar-refractivity contribution in [3.63, 3.8) is 0 Å². The lowest BCUT2D eigenvalue weighted by Crippen LogP contribution is -1.95. The molecule has 1 aromatic carbocycles. The van der Waals surface area contributed by atoms with Crippen LogP contribution < -0.4 is 0 Å². The van der Waals surface area contributed by atoms with Gasteiger partial charge >= 0.3 is 5.97 Å². The number of carbonyl (C=O) groups is 1. The summed E-state index contributed by atoms with van der Waals surface area (Å²) in [5, 5.41) is 16.7. The van der Waals surface area contributed by atoms with E-state index in [9.17, 15) is 4.79 Å². The molecule has 106 valence electrons. The standard InChI is InChI=1S/C15H18N2O3/c1-10-7-8-11(2)12(9-10)15-17-16-13(20-15)5-3-4-6-14(18)19/h7-9H,3-6H2,1-2H3,(H,18,19). The number of hydrogen-bond acceptors (Lipinski definition) is 4. The highest BCUT2D eigenvalue weighted by atomic mass is 16.4. The normalized spacial score (nSPS) is 10.7. The van der Waals surface area contributed by atoms with Gasteiger partial charge in [0, 0.05) is 18.4 Å². The zero-order valence-electron chi connectivity index (χ0n) is 11.7. The van der Waals surface area contributed by atoms with Crippen LogP contribution in [0.25, 0.3) is 11.5 Å². The van der Waals surface area contributed by atoms with E-state index in [1.54, 1.807) is 0 Å². The lowest BCUT2D eigenvalue weighted by atomic mass is 10.1. The van der Waals surface area contributed by atoms with Crippen LogP contribution in [-0.2, 0) is 11.2 Å². The Bertz CT molecular complexity index is 605. The summed E-state index contributed by atoms with van der Waals surface area (Å²) in [6.07, 6.45) is 2.15. The first kappa shape index (κ1) is 14.2. The Hall–Kier alpha value is -2.17. The SMILES string of the molecule is Cc1ccc(C)c(-c2nnc(CCCCC(=O)O)o2)c1. The number of aromatic nitrogens is 2. The molecule has 0 fully saturated rings. The second-order valence-corrected chi connectivity index (χ2v) is 4.92. The van der Waals surface area contributed by atoms with Gasteiger partial charge in [0.2, 0.25) is 11.8 Å². The lowest BCUT2D eigenvalue weighted by molar-refractivity contribution is -0.137. The quantitative estimate of drug-likeness (QED) is 0.819. The van der Waals surface area contributed by atoms with E-state index in [0.717, 1.165) is 23.1 Å². The molecule has 5 nitrogen and oxygen atoms in total. The van der Waals surface area contributed by atoms with Crippen LogP contribution in [0.5, 0.6) is 0 Å². The molecule has 0 bridgehead atoms. The van der Waals surface area contributed by atoms with Gasteiger partial charge in [-0.15, -0.1) is 10.2 Å². The smallest absolute Gasteiger partial charge is 0.303 e. The minimum absolute atomic E-state index is 0.179. The molecule has 0 spiro atoms. The van der Waals surface area contributed by atoms with Gasteiger partial charge in [-0.1, -0.05) is 17.7 Å². The molecule has 0 amide bonds. The van der Waals surface area contributed by atoms with Gasteiger partial charge in [-0.05, 0) is 38.3 Å². The first-order valence-corrected chi connectivity index (χ1v) is 6.68. The maximum atomic E-state index is 10.4. The number of carboxylic acids is 1. The van der Waals surface area contributed by atoms with Crippen LogP contribution in [0.1, 0.15) is 36.3 Å². The fourth-order valence-electron chi connectivity index (χ4n) is 1.98. The van der Waals surface area contributed by atoms with Crippen molar-refractivity contribution in [2.75, 3.05) is 0 Å². The molecule has 0 saturated heterocycles. The lowest BCUT2D eigenvalue weighted by Gasteiger charge is -2.01. The Balaban J connectivity index is 2.01. The fourth-order valence-corrected chi connectivity index (χ4v) is 1.98. The number of rotatable bonds is 6. The van der Waals surface area contributed by atoms with Crippen molar-refractivity contribution in [3.05, 3.63) is 35.2 Å². The number of carboxylic acid groups (broad SMARTS) is 1. The summed E-state index contributed by atoms with van der Waals surface area (Å²) in [5.74, 6) is 0.317. The summed E-state index contributed by atoms with van der Waals surface area (Å²) >= 11 is 0. The molecule has 5 heteroatoms. The van der Waals surface area contributed by atoms with E-state index in [-0.39, 0.29) is 6.42 Å². The predicted octanol–water partition coefficient (Wildman–Crippen LogP) is 3.15. The van der Waals surface area contributed by atoms with Crippen molar-refractivity contribution in [2.45, 2.75) is 39.5 Å². The predicted molar refractivity (Wildman–Crippen MR) is 74.4 cm³/mol. The van der Waals surface area contributed by atoms with Crippen LogP contribution in [0.4, 0.5) is 0 Å². The van der Waals surface area contributed by atoms with Crippen LogP contribution in [0.2, 0.25) is 0 Å². The molecule has 1 N–H and O–H groups in total. The molecule has 20 heavy (non-hydrogen) atoms. The van der Waals surface area contributed by atoms with Gasteiger partial charge in [0.05, 0.1) is 0 Å². The first-order valence-electron chi connectivity index (χ1n) is 6.68. The molecule has 1 aromatic heterocycles. The number of nitrogens with zero attached hydrogens (tertiary/aromatic N) is 2. The van der Waals surface area contributed by atoms with Crippen LogP contribution >= 0.6 is 0 Å². The summed E-state index contributed by atoms with van der Waals surface area (Å²) < 4.78 is 5.64. The van der Waals surface area contributed by atoms with Crippen molar-refractivity contribution >= 4 is 5.97 Å². The minimum Gasteiger partial charge on any atom is -0.481 e.